The van der Waals surface area contributed by atoms with Crippen molar-refractivity contribution in [3.05, 3.63) is 34.7 Å². The van der Waals surface area contributed by atoms with Crippen molar-refractivity contribution in [3.63, 3.8) is 0 Å². The quantitative estimate of drug-likeness (QED) is 0.515. The van der Waals surface area contributed by atoms with Crippen LogP contribution in [0.5, 0.6) is 0 Å². The van der Waals surface area contributed by atoms with Crippen LogP contribution in [0.2, 0.25) is 0 Å². The number of thioether (sulfide) groups is 1. The average Bonchev–Trinajstić information content (AvgIpc) is 3.08. The van der Waals surface area contributed by atoms with Crippen molar-refractivity contribution in [3.8, 4) is 0 Å². The Morgan fingerprint density at radius 2 is 1.86 bits per heavy atom. The van der Waals surface area contributed by atoms with Crippen LogP contribution in [0.15, 0.2) is 29.2 Å². The van der Waals surface area contributed by atoms with E-state index >= 15 is 0 Å². The van der Waals surface area contributed by atoms with Crippen LogP contribution in [-0.4, -0.2) is 50.0 Å². The first kappa shape index (κ1) is 20.7. The van der Waals surface area contributed by atoms with Gasteiger partial charge in [0.05, 0.1) is 16.2 Å². The minimum Gasteiger partial charge on any atom is -0.480 e. The van der Waals surface area contributed by atoms with Gasteiger partial charge >= 0.3 is 5.97 Å². The molecule has 0 radical (unpaired) electrons. The van der Waals surface area contributed by atoms with E-state index in [9.17, 15) is 29.1 Å². The van der Waals surface area contributed by atoms with E-state index in [4.69, 9.17) is 18.0 Å². The number of anilines is 1. The first-order valence-corrected chi connectivity index (χ1v) is 9.62. The van der Waals surface area contributed by atoms with Crippen molar-refractivity contribution in [2.24, 2.45) is 5.73 Å². The molecule has 1 atom stereocenters. The van der Waals surface area contributed by atoms with Crippen LogP contribution in [0.25, 0.3) is 5.57 Å². The molecule has 0 aromatic heterocycles. The molecule has 2 aliphatic rings. The number of nitrogens with zero attached hydrogens (tertiary/aromatic N) is 2. The summed E-state index contributed by atoms with van der Waals surface area (Å²) >= 11 is 5.98. The van der Waals surface area contributed by atoms with Crippen molar-refractivity contribution in [1.29, 1.82) is 0 Å². The number of benzene rings is 1. The second-order valence-electron chi connectivity index (χ2n) is 6.28. The summed E-state index contributed by atoms with van der Waals surface area (Å²) in [5.74, 6) is -4.02. The molecule has 1 aromatic carbocycles. The van der Waals surface area contributed by atoms with Gasteiger partial charge in [0.15, 0.2) is 0 Å². The fraction of sp³-hybridized carbons (Fsp3) is 0.222. The zero-order chi connectivity index (χ0) is 21.5. The van der Waals surface area contributed by atoms with Crippen LogP contribution >= 0.6 is 24.0 Å². The Morgan fingerprint density at radius 3 is 2.45 bits per heavy atom. The fourth-order valence-corrected chi connectivity index (χ4v) is 4.62. The molecule has 1 unspecified atom stereocenters. The van der Waals surface area contributed by atoms with Gasteiger partial charge < -0.3 is 10.8 Å². The molecular formula is C18H15N3O6S2. The molecule has 2 heterocycles. The molecule has 1 fully saturated rings. The van der Waals surface area contributed by atoms with Crippen molar-refractivity contribution >= 4 is 69.2 Å². The third-order valence-corrected chi connectivity index (χ3v) is 5.83. The number of rotatable bonds is 5. The maximum absolute atomic E-state index is 13.0. The Balaban J connectivity index is 2.07. The number of fused-ring (bicyclic) bond motifs is 1. The highest BCUT2D eigenvalue weighted by Crippen LogP contribution is 2.45. The number of thiocarbonyl (C=S) groups is 1. The summed E-state index contributed by atoms with van der Waals surface area (Å²) in [6.45, 7) is 1.23. The number of imide groups is 1. The van der Waals surface area contributed by atoms with Gasteiger partial charge in [0.1, 0.15) is 10.4 Å². The van der Waals surface area contributed by atoms with Crippen molar-refractivity contribution in [1.82, 2.24) is 4.90 Å². The van der Waals surface area contributed by atoms with E-state index in [-0.39, 0.29) is 27.6 Å². The van der Waals surface area contributed by atoms with Gasteiger partial charge in [-0.1, -0.05) is 42.2 Å². The maximum Gasteiger partial charge on any atom is 0.326 e. The Kier molecular flexibility index (Phi) is 5.53. The van der Waals surface area contributed by atoms with Gasteiger partial charge in [-0.2, -0.15) is 0 Å². The topological polar surface area (TPSA) is 138 Å². The van der Waals surface area contributed by atoms with E-state index in [1.54, 1.807) is 24.3 Å². The van der Waals surface area contributed by atoms with Gasteiger partial charge in [0.2, 0.25) is 11.8 Å². The van der Waals surface area contributed by atoms with Crippen molar-refractivity contribution in [2.45, 2.75) is 25.8 Å². The van der Waals surface area contributed by atoms with Gasteiger partial charge in [0.25, 0.3) is 11.8 Å². The minimum atomic E-state index is -1.40. The first-order valence-electron chi connectivity index (χ1n) is 8.40. The molecule has 1 aromatic rings. The van der Waals surface area contributed by atoms with E-state index < -0.39 is 35.6 Å². The number of carboxylic acid groups (broad SMARTS) is 1. The molecule has 0 spiro atoms. The molecule has 4 amide bonds. The third kappa shape index (κ3) is 3.54. The Bertz CT molecular complexity index is 1020. The van der Waals surface area contributed by atoms with Crippen LogP contribution in [0.3, 0.4) is 0 Å². The summed E-state index contributed by atoms with van der Waals surface area (Å²) in [6, 6.07) is 5.09. The Morgan fingerprint density at radius 1 is 1.21 bits per heavy atom. The Hall–Kier alpha value is -3.05. The lowest BCUT2D eigenvalue weighted by Gasteiger charge is -2.22. The molecule has 9 nitrogen and oxygen atoms in total. The number of para-hydroxylation sites is 1. The van der Waals surface area contributed by atoms with E-state index in [0.29, 0.717) is 11.3 Å². The molecule has 1 saturated heterocycles. The van der Waals surface area contributed by atoms with E-state index in [0.717, 1.165) is 21.6 Å². The number of nitrogens with two attached hydrogens (primary N) is 1. The van der Waals surface area contributed by atoms with Gasteiger partial charge in [-0.15, -0.1) is 0 Å². The smallest absolute Gasteiger partial charge is 0.326 e. The minimum absolute atomic E-state index is 0.00492. The van der Waals surface area contributed by atoms with Crippen LogP contribution < -0.4 is 10.6 Å². The number of aliphatic carboxylic acids is 1. The molecule has 29 heavy (non-hydrogen) atoms. The van der Waals surface area contributed by atoms with Crippen LogP contribution in [0.1, 0.15) is 25.3 Å². The van der Waals surface area contributed by atoms with Crippen molar-refractivity contribution in [2.75, 3.05) is 4.90 Å². The Labute approximate surface area is 174 Å². The SMILES string of the molecule is CC(=O)N1C(=O)/C(=C2\SC(=S)N(C(CCC(N)=O)C(=O)O)C2=O)c2ccccc21. The molecule has 11 heteroatoms. The first-order chi connectivity index (χ1) is 13.6. The van der Waals surface area contributed by atoms with Crippen LogP contribution in [0.4, 0.5) is 5.69 Å². The number of hydrogen-bond acceptors (Lipinski definition) is 7. The van der Waals surface area contributed by atoms with Gasteiger partial charge in [-0.25, -0.2) is 9.69 Å². The van der Waals surface area contributed by atoms with Crippen molar-refractivity contribution < 1.29 is 29.1 Å². The van der Waals surface area contributed by atoms with E-state index in [1.165, 1.54) is 6.92 Å². The molecular weight excluding hydrogens is 418 g/mol. The lowest BCUT2D eigenvalue weighted by molar-refractivity contribution is -0.145. The highest BCUT2D eigenvalue weighted by molar-refractivity contribution is 8.26. The molecule has 2 aliphatic heterocycles. The van der Waals surface area contributed by atoms with Gasteiger partial charge in [0, 0.05) is 18.9 Å². The largest absolute Gasteiger partial charge is 0.480 e. The highest BCUT2D eigenvalue weighted by atomic mass is 32.2. The molecule has 150 valence electrons. The molecule has 3 N–H and O–H groups in total. The number of hydrogen-bond donors (Lipinski definition) is 2. The van der Waals surface area contributed by atoms with Crippen LogP contribution in [-0.2, 0) is 24.0 Å². The average molecular weight is 433 g/mol. The number of primary amides is 1. The lowest BCUT2D eigenvalue weighted by atomic mass is 10.1. The van der Waals surface area contributed by atoms with Gasteiger partial charge in [-0.3, -0.25) is 24.1 Å². The lowest BCUT2D eigenvalue weighted by Crippen LogP contribution is -2.44. The summed E-state index contributed by atoms with van der Waals surface area (Å²) < 4.78 is -0.0547. The summed E-state index contributed by atoms with van der Waals surface area (Å²) in [5.41, 5.74) is 5.81. The fourth-order valence-electron chi connectivity index (χ4n) is 3.19. The number of carbonyl (C=O) groups excluding carboxylic acids is 4. The summed E-state index contributed by atoms with van der Waals surface area (Å²) in [7, 11) is 0. The number of carboxylic acids is 1. The predicted molar refractivity (Wildman–Crippen MR) is 108 cm³/mol. The van der Waals surface area contributed by atoms with Crippen LogP contribution in [0, 0.1) is 0 Å². The second-order valence-corrected chi connectivity index (χ2v) is 7.93. The molecule has 0 aliphatic carbocycles. The monoisotopic (exact) mass is 433 g/mol. The summed E-state index contributed by atoms with van der Waals surface area (Å²) in [6.07, 6.45) is -0.469. The normalized spacial score (nSPS) is 19.6. The number of amides is 4. The summed E-state index contributed by atoms with van der Waals surface area (Å²) in [4.78, 5) is 62.4. The predicted octanol–water partition coefficient (Wildman–Crippen LogP) is 0.870. The molecule has 3 rings (SSSR count). The molecule has 0 bridgehead atoms. The van der Waals surface area contributed by atoms with E-state index in [2.05, 4.69) is 0 Å². The maximum atomic E-state index is 13.0. The summed E-state index contributed by atoms with van der Waals surface area (Å²) in [5, 5.41) is 9.51. The zero-order valence-electron chi connectivity index (χ0n) is 15.1. The van der Waals surface area contributed by atoms with Gasteiger partial charge in [-0.05, 0) is 12.5 Å². The highest BCUT2D eigenvalue weighted by Gasteiger charge is 2.46. The standard InChI is InChI=1S/C18H15N3O6S2/c1-8(22)20-10-5-3-2-4-9(10)13(15(20)24)14-16(25)21(18(28)29-14)11(17(26)27)6-7-12(19)23/h2-5,11H,6-7H2,1H3,(H2,19,23)(H,26,27)/b14-13-. The van der Waals surface area contributed by atoms with E-state index in [1.807, 2.05) is 0 Å². The third-order valence-electron chi connectivity index (χ3n) is 4.43. The zero-order valence-corrected chi connectivity index (χ0v) is 16.7. The second kappa shape index (κ2) is 7.76. The molecule has 0 saturated carbocycles. The number of carbonyl (C=O) groups is 5.